The van der Waals surface area contributed by atoms with Gasteiger partial charge in [0.2, 0.25) is 10.0 Å². The van der Waals surface area contributed by atoms with Crippen molar-refractivity contribution in [3.63, 3.8) is 0 Å². The van der Waals surface area contributed by atoms with Crippen molar-refractivity contribution >= 4 is 10.0 Å². The minimum absolute atomic E-state index is 0.0635. The molecule has 3 aliphatic heterocycles. The van der Waals surface area contributed by atoms with Gasteiger partial charge in [-0.05, 0) is 50.5 Å². The third-order valence-electron chi connectivity index (χ3n) is 6.46. The van der Waals surface area contributed by atoms with Gasteiger partial charge in [0.15, 0.2) is 0 Å². The van der Waals surface area contributed by atoms with Gasteiger partial charge in [-0.25, -0.2) is 17.2 Å². The molecule has 166 valence electrons. The molecule has 9 heteroatoms. The Morgan fingerprint density at radius 3 is 2.60 bits per heavy atom. The van der Waals surface area contributed by atoms with Crippen molar-refractivity contribution in [2.24, 2.45) is 5.73 Å². The second kappa shape index (κ2) is 8.27. The molecule has 3 aliphatic rings. The third-order valence-corrected chi connectivity index (χ3v) is 8.68. The van der Waals surface area contributed by atoms with E-state index in [-0.39, 0.29) is 11.6 Å². The first-order chi connectivity index (χ1) is 14.2. The summed E-state index contributed by atoms with van der Waals surface area (Å²) >= 11 is 0. The summed E-state index contributed by atoms with van der Waals surface area (Å²) < 4.78 is 60.2. The fraction of sp³-hybridized carbons (Fsp3) is 0.619. The highest BCUT2D eigenvalue weighted by atomic mass is 32.2. The lowest BCUT2D eigenvalue weighted by molar-refractivity contribution is -0.0465. The first-order valence-electron chi connectivity index (χ1n) is 10.4. The Bertz CT molecular complexity index is 951. The van der Waals surface area contributed by atoms with Gasteiger partial charge >= 0.3 is 0 Å². The molecular formula is C21H29F2N3O3S. The monoisotopic (exact) mass is 441 g/mol. The predicted molar refractivity (Wildman–Crippen MR) is 110 cm³/mol. The van der Waals surface area contributed by atoms with Crippen LogP contribution in [0.1, 0.15) is 38.4 Å². The smallest absolute Gasteiger partial charge is 0.216 e. The van der Waals surface area contributed by atoms with E-state index in [0.717, 1.165) is 36.7 Å². The SMILES string of the molecule is CC(C)S(=O)(=O)N1CCC2=C(CN(C3COC(c4cc(F)ccc4F)C(N)C3)C2)C1. The number of benzene rings is 1. The lowest BCUT2D eigenvalue weighted by Gasteiger charge is -2.39. The topological polar surface area (TPSA) is 75.9 Å². The zero-order valence-electron chi connectivity index (χ0n) is 17.4. The van der Waals surface area contributed by atoms with Gasteiger partial charge in [0, 0.05) is 43.8 Å². The van der Waals surface area contributed by atoms with Crippen molar-refractivity contribution in [1.82, 2.24) is 9.21 Å². The van der Waals surface area contributed by atoms with Crippen LogP contribution in [0.3, 0.4) is 0 Å². The quantitative estimate of drug-likeness (QED) is 0.725. The predicted octanol–water partition coefficient (Wildman–Crippen LogP) is 2.18. The maximum absolute atomic E-state index is 14.1. The molecule has 0 spiro atoms. The average Bonchev–Trinajstić information content (AvgIpc) is 3.13. The highest BCUT2D eigenvalue weighted by molar-refractivity contribution is 7.89. The van der Waals surface area contributed by atoms with Gasteiger partial charge < -0.3 is 10.5 Å². The van der Waals surface area contributed by atoms with Crippen LogP contribution in [0.2, 0.25) is 0 Å². The molecule has 0 aromatic heterocycles. The molecule has 0 saturated carbocycles. The van der Waals surface area contributed by atoms with E-state index in [1.807, 2.05) is 0 Å². The molecule has 2 N–H and O–H groups in total. The van der Waals surface area contributed by atoms with Crippen LogP contribution in [0.25, 0.3) is 0 Å². The Hall–Kier alpha value is -1.39. The zero-order valence-corrected chi connectivity index (χ0v) is 18.2. The van der Waals surface area contributed by atoms with Crippen LogP contribution in [-0.2, 0) is 14.8 Å². The number of nitrogens with two attached hydrogens (primary N) is 1. The summed E-state index contributed by atoms with van der Waals surface area (Å²) in [4.78, 5) is 2.27. The van der Waals surface area contributed by atoms with E-state index < -0.39 is 39.1 Å². The molecule has 3 heterocycles. The minimum Gasteiger partial charge on any atom is -0.370 e. The van der Waals surface area contributed by atoms with Gasteiger partial charge in [-0.3, -0.25) is 4.90 Å². The van der Waals surface area contributed by atoms with Crippen LogP contribution in [0.5, 0.6) is 0 Å². The molecule has 1 fully saturated rings. The average molecular weight is 442 g/mol. The largest absolute Gasteiger partial charge is 0.370 e. The van der Waals surface area contributed by atoms with E-state index in [2.05, 4.69) is 4.90 Å². The molecule has 0 amide bonds. The highest BCUT2D eigenvalue weighted by Gasteiger charge is 2.39. The number of halogens is 2. The van der Waals surface area contributed by atoms with Gasteiger partial charge in [-0.1, -0.05) is 5.57 Å². The van der Waals surface area contributed by atoms with Gasteiger partial charge in [0.1, 0.15) is 17.7 Å². The summed E-state index contributed by atoms with van der Waals surface area (Å²) in [5.74, 6) is -1.03. The van der Waals surface area contributed by atoms with E-state index in [9.17, 15) is 17.2 Å². The molecule has 30 heavy (non-hydrogen) atoms. The molecule has 1 aromatic rings. The molecule has 0 bridgehead atoms. The molecule has 1 saturated heterocycles. The summed E-state index contributed by atoms with van der Waals surface area (Å²) in [6.45, 7) is 6.24. The van der Waals surface area contributed by atoms with Gasteiger partial charge in [-0.2, -0.15) is 4.31 Å². The van der Waals surface area contributed by atoms with Gasteiger partial charge in [0.05, 0.1) is 11.9 Å². The normalized spacial score (nSPS) is 28.9. The summed E-state index contributed by atoms with van der Waals surface area (Å²) in [5, 5.41) is -0.429. The molecule has 3 atom stereocenters. The van der Waals surface area contributed by atoms with E-state index in [1.165, 1.54) is 5.57 Å². The van der Waals surface area contributed by atoms with Gasteiger partial charge in [0.25, 0.3) is 0 Å². The first kappa shape index (κ1) is 21.8. The van der Waals surface area contributed by atoms with Crippen molar-refractivity contribution in [3.05, 3.63) is 46.5 Å². The second-order valence-corrected chi connectivity index (χ2v) is 11.3. The number of hydrogen-bond acceptors (Lipinski definition) is 5. The standard InChI is InChI=1S/C21H29F2N3O3S/c1-13(2)30(27,28)26-6-5-14-9-25(10-15(14)11-26)17-8-20(24)21(29-12-17)18-7-16(22)3-4-19(18)23/h3-4,7,13,17,20-21H,5-6,8-12,24H2,1-2H3. The van der Waals surface area contributed by atoms with Crippen molar-refractivity contribution in [2.45, 2.75) is 50.1 Å². The number of ether oxygens (including phenoxy) is 1. The minimum atomic E-state index is -3.27. The van der Waals surface area contributed by atoms with E-state index in [1.54, 1.807) is 18.2 Å². The van der Waals surface area contributed by atoms with Gasteiger partial charge in [-0.15, -0.1) is 0 Å². The first-order valence-corrected chi connectivity index (χ1v) is 11.9. The summed E-state index contributed by atoms with van der Waals surface area (Å²) in [6.07, 6.45) is 0.679. The summed E-state index contributed by atoms with van der Waals surface area (Å²) in [6, 6.07) is 2.95. The molecule has 3 unspecified atom stereocenters. The highest BCUT2D eigenvalue weighted by Crippen LogP contribution is 2.35. The lowest BCUT2D eigenvalue weighted by Crippen LogP contribution is -2.49. The fourth-order valence-corrected chi connectivity index (χ4v) is 5.94. The van der Waals surface area contributed by atoms with Crippen LogP contribution in [0.4, 0.5) is 8.78 Å². The van der Waals surface area contributed by atoms with Crippen molar-refractivity contribution in [3.8, 4) is 0 Å². The van der Waals surface area contributed by atoms with E-state index >= 15 is 0 Å². The maximum Gasteiger partial charge on any atom is 0.216 e. The van der Waals surface area contributed by atoms with E-state index in [4.69, 9.17) is 10.5 Å². The third kappa shape index (κ3) is 4.05. The molecular weight excluding hydrogens is 412 g/mol. The van der Waals surface area contributed by atoms with Crippen LogP contribution >= 0.6 is 0 Å². The Kier molecular flexibility index (Phi) is 6.02. The van der Waals surface area contributed by atoms with Crippen LogP contribution < -0.4 is 5.73 Å². The summed E-state index contributed by atoms with van der Waals surface area (Å²) in [7, 11) is -3.27. The second-order valence-electron chi connectivity index (χ2n) is 8.76. The zero-order chi connectivity index (χ0) is 21.6. The van der Waals surface area contributed by atoms with Crippen molar-refractivity contribution < 1.29 is 21.9 Å². The van der Waals surface area contributed by atoms with Crippen LogP contribution in [0, 0.1) is 11.6 Å². The van der Waals surface area contributed by atoms with E-state index in [0.29, 0.717) is 32.7 Å². The van der Waals surface area contributed by atoms with Crippen LogP contribution in [0.15, 0.2) is 29.3 Å². The Labute approximate surface area is 176 Å². The molecule has 6 nitrogen and oxygen atoms in total. The Morgan fingerprint density at radius 2 is 1.90 bits per heavy atom. The number of hydrogen-bond donors (Lipinski definition) is 1. The molecule has 0 aliphatic carbocycles. The number of rotatable bonds is 4. The lowest BCUT2D eigenvalue weighted by atomic mass is 9.93. The molecule has 0 radical (unpaired) electrons. The van der Waals surface area contributed by atoms with Crippen molar-refractivity contribution in [2.75, 3.05) is 32.8 Å². The Balaban J connectivity index is 1.39. The fourth-order valence-electron chi connectivity index (χ4n) is 4.66. The van der Waals surface area contributed by atoms with Crippen LogP contribution in [-0.4, -0.2) is 67.7 Å². The number of nitrogens with zero attached hydrogens (tertiary/aromatic N) is 2. The summed E-state index contributed by atoms with van der Waals surface area (Å²) in [5.41, 5.74) is 8.93. The molecule has 4 rings (SSSR count). The molecule has 1 aromatic carbocycles. The number of sulfonamides is 1. The maximum atomic E-state index is 14.1. The van der Waals surface area contributed by atoms with Crippen molar-refractivity contribution in [1.29, 1.82) is 0 Å². The Morgan fingerprint density at radius 1 is 1.17 bits per heavy atom.